The Morgan fingerprint density at radius 3 is 2.50 bits per heavy atom. The Labute approximate surface area is 96.3 Å². The molecular formula is C12H18N2O2. The topological polar surface area (TPSA) is 43.2 Å². The van der Waals surface area contributed by atoms with Crippen LogP contribution in [0.1, 0.15) is 11.1 Å². The Hall–Kier alpha value is -1.26. The van der Waals surface area contributed by atoms with Crippen LogP contribution in [-0.2, 0) is 15.9 Å². The molecule has 1 rings (SSSR count). The average Bonchev–Trinajstić information content (AvgIpc) is 2.30. The van der Waals surface area contributed by atoms with Crippen LogP contribution in [0, 0.1) is 6.92 Å². The maximum Gasteiger partial charge on any atom is 0.160 e. The summed E-state index contributed by atoms with van der Waals surface area (Å²) in [4.78, 5) is 0. The summed E-state index contributed by atoms with van der Waals surface area (Å²) >= 11 is 0. The van der Waals surface area contributed by atoms with E-state index in [1.807, 2.05) is 25.1 Å². The lowest BCUT2D eigenvalue weighted by Gasteiger charge is -2.15. The van der Waals surface area contributed by atoms with Gasteiger partial charge in [-0.05, 0) is 18.1 Å². The monoisotopic (exact) mass is 222 g/mol. The van der Waals surface area contributed by atoms with Crippen LogP contribution in [0.4, 0.5) is 5.69 Å². The van der Waals surface area contributed by atoms with Crippen molar-refractivity contribution >= 4 is 5.69 Å². The fourth-order valence-electron chi connectivity index (χ4n) is 1.57. The second-order valence-corrected chi connectivity index (χ2v) is 3.49. The molecule has 4 nitrogen and oxygen atoms in total. The van der Waals surface area contributed by atoms with E-state index in [2.05, 4.69) is 10.2 Å². The number of hydrogen-bond donors (Lipinski definition) is 0. The quantitative estimate of drug-likeness (QED) is 0.568. The highest BCUT2D eigenvalue weighted by atomic mass is 16.7. The molecule has 0 fully saturated rings. The van der Waals surface area contributed by atoms with Gasteiger partial charge in [-0.3, -0.25) is 0 Å². The molecule has 0 saturated heterocycles. The molecule has 0 atom stereocenters. The Kier molecular flexibility index (Phi) is 5.08. The van der Waals surface area contributed by atoms with Crippen molar-refractivity contribution in [2.45, 2.75) is 19.6 Å². The molecule has 16 heavy (non-hydrogen) atoms. The van der Waals surface area contributed by atoms with Gasteiger partial charge in [0.1, 0.15) is 0 Å². The lowest BCUT2D eigenvalue weighted by Crippen LogP contribution is -2.16. The van der Waals surface area contributed by atoms with Gasteiger partial charge in [0, 0.05) is 27.7 Å². The van der Waals surface area contributed by atoms with Gasteiger partial charge < -0.3 is 9.47 Å². The molecule has 88 valence electrons. The fraction of sp³-hybridized carbons (Fsp3) is 0.500. The molecule has 0 N–H and O–H groups in total. The first kappa shape index (κ1) is 12.8. The second-order valence-electron chi connectivity index (χ2n) is 3.49. The van der Waals surface area contributed by atoms with Crippen molar-refractivity contribution in [3.05, 3.63) is 29.3 Å². The van der Waals surface area contributed by atoms with Gasteiger partial charge in [-0.15, -0.1) is 0 Å². The molecule has 0 aliphatic rings. The smallest absolute Gasteiger partial charge is 0.160 e. The predicted molar refractivity (Wildman–Crippen MR) is 63.1 cm³/mol. The van der Waals surface area contributed by atoms with Crippen molar-refractivity contribution in [3.8, 4) is 0 Å². The highest BCUT2D eigenvalue weighted by Crippen LogP contribution is 2.25. The summed E-state index contributed by atoms with van der Waals surface area (Å²) in [5.41, 5.74) is 3.09. The van der Waals surface area contributed by atoms with Crippen LogP contribution < -0.4 is 0 Å². The number of rotatable bonds is 5. The van der Waals surface area contributed by atoms with E-state index in [1.165, 1.54) is 0 Å². The molecule has 0 spiro atoms. The van der Waals surface area contributed by atoms with Gasteiger partial charge in [-0.25, -0.2) is 0 Å². The van der Waals surface area contributed by atoms with Gasteiger partial charge >= 0.3 is 0 Å². The zero-order valence-corrected chi connectivity index (χ0v) is 10.2. The maximum absolute atomic E-state index is 5.18. The van der Waals surface area contributed by atoms with Crippen LogP contribution in [0.25, 0.3) is 0 Å². The second kappa shape index (κ2) is 6.35. The van der Waals surface area contributed by atoms with Crippen LogP contribution >= 0.6 is 0 Å². The number of benzene rings is 1. The number of methoxy groups -OCH3 is 2. The molecule has 1 aromatic rings. The number of nitrogens with zero attached hydrogens (tertiary/aromatic N) is 2. The molecule has 0 radical (unpaired) electrons. The van der Waals surface area contributed by atoms with Crippen molar-refractivity contribution in [1.82, 2.24) is 0 Å². The van der Waals surface area contributed by atoms with E-state index in [1.54, 1.807) is 21.3 Å². The predicted octanol–water partition coefficient (Wildman–Crippen LogP) is 2.87. The SMILES string of the molecule is C/N=N/c1c(C)cccc1CC(OC)OC. The van der Waals surface area contributed by atoms with Gasteiger partial charge in [0.2, 0.25) is 0 Å². The van der Waals surface area contributed by atoms with Crippen LogP contribution in [0.3, 0.4) is 0 Å². The van der Waals surface area contributed by atoms with E-state index >= 15 is 0 Å². The van der Waals surface area contributed by atoms with Crippen molar-refractivity contribution in [3.63, 3.8) is 0 Å². The molecule has 0 bridgehead atoms. The van der Waals surface area contributed by atoms with Gasteiger partial charge in [-0.1, -0.05) is 18.2 Å². The molecule has 4 heteroatoms. The minimum atomic E-state index is -0.243. The van der Waals surface area contributed by atoms with Gasteiger partial charge in [0.15, 0.2) is 6.29 Å². The molecule has 0 aliphatic carbocycles. The molecular weight excluding hydrogens is 204 g/mol. The maximum atomic E-state index is 5.18. The highest BCUT2D eigenvalue weighted by Gasteiger charge is 2.11. The standard InChI is InChI=1S/C12H18N2O2/c1-9-6-5-7-10(12(9)14-13-2)8-11(15-3)16-4/h5-7,11H,8H2,1-4H3/b14-13+. The summed E-state index contributed by atoms with van der Waals surface area (Å²) < 4.78 is 10.4. The molecule has 0 amide bonds. The lowest BCUT2D eigenvalue weighted by atomic mass is 10.1. The van der Waals surface area contributed by atoms with Gasteiger partial charge in [0.05, 0.1) is 5.69 Å². The van der Waals surface area contributed by atoms with Crippen LogP contribution in [0.5, 0.6) is 0 Å². The number of ether oxygens (including phenoxy) is 2. The Morgan fingerprint density at radius 1 is 1.25 bits per heavy atom. The molecule has 0 heterocycles. The van der Waals surface area contributed by atoms with E-state index in [-0.39, 0.29) is 6.29 Å². The number of aryl methyl sites for hydroxylation is 1. The first-order valence-electron chi connectivity index (χ1n) is 5.16. The summed E-state index contributed by atoms with van der Waals surface area (Å²) in [6, 6.07) is 6.03. The molecule has 1 aromatic carbocycles. The fourth-order valence-corrected chi connectivity index (χ4v) is 1.57. The summed E-state index contributed by atoms with van der Waals surface area (Å²) in [6.07, 6.45) is 0.427. The lowest BCUT2D eigenvalue weighted by molar-refractivity contribution is -0.100. The minimum Gasteiger partial charge on any atom is -0.356 e. The van der Waals surface area contributed by atoms with Crippen molar-refractivity contribution < 1.29 is 9.47 Å². The molecule has 0 aliphatic heterocycles. The van der Waals surface area contributed by atoms with E-state index < -0.39 is 0 Å². The van der Waals surface area contributed by atoms with Crippen LogP contribution in [0.2, 0.25) is 0 Å². The zero-order valence-electron chi connectivity index (χ0n) is 10.2. The number of hydrogen-bond acceptors (Lipinski definition) is 4. The van der Waals surface area contributed by atoms with E-state index in [9.17, 15) is 0 Å². The normalized spacial score (nSPS) is 11.6. The van der Waals surface area contributed by atoms with Crippen molar-refractivity contribution in [2.75, 3.05) is 21.3 Å². The molecule has 0 aromatic heterocycles. The molecule has 0 unspecified atom stereocenters. The summed E-state index contributed by atoms with van der Waals surface area (Å²) in [5.74, 6) is 0. The first-order chi connectivity index (χ1) is 7.72. The minimum absolute atomic E-state index is 0.243. The first-order valence-corrected chi connectivity index (χ1v) is 5.16. The molecule has 0 saturated carbocycles. The van der Waals surface area contributed by atoms with Gasteiger partial charge in [0.25, 0.3) is 0 Å². The largest absolute Gasteiger partial charge is 0.356 e. The van der Waals surface area contributed by atoms with Crippen molar-refractivity contribution in [1.29, 1.82) is 0 Å². The Morgan fingerprint density at radius 2 is 1.94 bits per heavy atom. The average molecular weight is 222 g/mol. The van der Waals surface area contributed by atoms with E-state index in [4.69, 9.17) is 9.47 Å². The Bertz CT molecular complexity index is 360. The van der Waals surface area contributed by atoms with E-state index in [0.29, 0.717) is 6.42 Å². The van der Waals surface area contributed by atoms with Crippen LogP contribution in [-0.4, -0.2) is 27.6 Å². The third-order valence-corrected chi connectivity index (χ3v) is 2.43. The number of azo groups is 1. The third-order valence-electron chi connectivity index (χ3n) is 2.43. The summed E-state index contributed by atoms with van der Waals surface area (Å²) in [7, 11) is 4.93. The van der Waals surface area contributed by atoms with E-state index in [0.717, 1.165) is 16.8 Å². The summed E-state index contributed by atoms with van der Waals surface area (Å²) in [6.45, 7) is 2.02. The zero-order chi connectivity index (χ0) is 12.0. The summed E-state index contributed by atoms with van der Waals surface area (Å²) in [5, 5.41) is 7.97. The van der Waals surface area contributed by atoms with Crippen LogP contribution in [0.15, 0.2) is 28.4 Å². The highest BCUT2D eigenvalue weighted by molar-refractivity contribution is 5.52. The third kappa shape index (κ3) is 3.12. The Balaban J connectivity index is 2.98. The van der Waals surface area contributed by atoms with Gasteiger partial charge in [-0.2, -0.15) is 10.2 Å². The van der Waals surface area contributed by atoms with Crippen molar-refractivity contribution in [2.24, 2.45) is 10.2 Å².